The molecular weight excluding hydrogens is 319 g/mol. The van der Waals surface area contributed by atoms with Crippen LogP contribution in [-0.2, 0) is 0 Å². The van der Waals surface area contributed by atoms with Crippen molar-refractivity contribution in [2.45, 2.75) is 52.3 Å². The van der Waals surface area contributed by atoms with E-state index in [4.69, 9.17) is 0 Å². The van der Waals surface area contributed by atoms with Gasteiger partial charge >= 0.3 is 6.18 Å². The van der Waals surface area contributed by atoms with Crippen molar-refractivity contribution in [3.8, 4) is 0 Å². The van der Waals surface area contributed by atoms with Gasteiger partial charge in [-0.2, -0.15) is 13.2 Å². The van der Waals surface area contributed by atoms with Gasteiger partial charge in [0.25, 0.3) is 0 Å². The van der Waals surface area contributed by atoms with Crippen molar-refractivity contribution < 1.29 is 13.2 Å². The fraction of sp³-hybridized carbons (Fsp3) is 0.571. The van der Waals surface area contributed by atoms with Crippen LogP contribution in [0.3, 0.4) is 0 Å². The Morgan fingerprint density at radius 2 is 1.74 bits per heavy atom. The van der Waals surface area contributed by atoms with Crippen LogP contribution in [0.4, 0.5) is 18.9 Å². The van der Waals surface area contributed by atoms with Crippen molar-refractivity contribution >= 4 is 21.6 Å². The summed E-state index contributed by atoms with van der Waals surface area (Å²) in [6.07, 6.45) is -4.10. The van der Waals surface area contributed by atoms with Gasteiger partial charge in [-0.25, -0.2) is 0 Å². The summed E-state index contributed by atoms with van der Waals surface area (Å²) in [6.45, 7) is 5.90. The van der Waals surface area contributed by atoms with E-state index in [-0.39, 0.29) is 12.5 Å². The lowest BCUT2D eigenvalue weighted by Crippen LogP contribution is -2.17. The Morgan fingerprint density at radius 1 is 1.21 bits per heavy atom. The molecule has 0 spiro atoms. The fourth-order valence-corrected chi connectivity index (χ4v) is 2.22. The average Bonchev–Trinajstić information content (AvgIpc) is 2.23. The maximum atomic E-state index is 12.1. The minimum absolute atomic E-state index is 0.0299. The molecule has 0 aliphatic rings. The summed E-state index contributed by atoms with van der Waals surface area (Å²) in [5, 5.41) is 3.25. The van der Waals surface area contributed by atoms with Crippen LogP contribution < -0.4 is 5.32 Å². The first kappa shape index (κ1) is 16.3. The first-order chi connectivity index (χ1) is 8.69. The molecular formula is C14H19BrF3N. The molecule has 108 valence electrons. The molecule has 1 atom stereocenters. The molecule has 0 heterocycles. The number of aryl methyl sites for hydroxylation is 2. The fourth-order valence-electron chi connectivity index (χ4n) is 1.99. The number of rotatable bonds is 5. The van der Waals surface area contributed by atoms with Gasteiger partial charge in [0.05, 0.1) is 0 Å². The Balaban J connectivity index is 2.51. The summed E-state index contributed by atoms with van der Waals surface area (Å²) in [5.41, 5.74) is 3.19. The molecule has 0 aliphatic carbocycles. The van der Waals surface area contributed by atoms with Crippen LogP contribution in [0, 0.1) is 13.8 Å². The normalized spacial score (nSPS) is 13.4. The standard InChI is InChI=1S/C14H19BrF3N/c1-9-7-12(8-10(2)13(9)15)19-11(3)5-4-6-14(16,17)18/h7-8,11,19H,4-6H2,1-3H3. The number of anilines is 1. The van der Waals surface area contributed by atoms with Crippen LogP contribution in [0.2, 0.25) is 0 Å². The smallest absolute Gasteiger partial charge is 0.383 e. The number of hydrogen-bond donors (Lipinski definition) is 1. The Hall–Kier alpha value is -0.710. The second kappa shape index (κ2) is 6.64. The maximum absolute atomic E-state index is 12.1. The van der Waals surface area contributed by atoms with Crippen LogP contribution in [0.1, 0.15) is 37.3 Å². The van der Waals surface area contributed by atoms with Gasteiger partial charge in [-0.3, -0.25) is 0 Å². The van der Waals surface area contributed by atoms with Crippen molar-refractivity contribution in [3.05, 3.63) is 27.7 Å². The Bertz CT molecular complexity index is 406. The molecule has 1 rings (SSSR count). The Morgan fingerprint density at radius 3 is 2.21 bits per heavy atom. The number of alkyl halides is 3. The van der Waals surface area contributed by atoms with E-state index in [1.165, 1.54) is 0 Å². The number of nitrogens with one attached hydrogen (secondary N) is 1. The molecule has 1 aromatic rings. The first-order valence-electron chi connectivity index (χ1n) is 6.29. The molecule has 1 N–H and O–H groups in total. The SMILES string of the molecule is Cc1cc(NC(C)CCCC(F)(F)F)cc(C)c1Br. The summed E-state index contributed by atoms with van der Waals surface area (Å²) in [5.74, 6) is 0. The molecule has 0 saturated heterocycles. The molecule has 1 unspecified atom stereocenters. The third kappa shape index (κ3) is 5.85. The van der Waals surface area contributed by atoms with Gasteiger partial charge in [-0.15, -0.1) is 0 Å². The third-order valence-electron chi connectivity index (χ3n) is 2.95. The van der Waals surface area contributed by atoms with E-state index in [0.29, 0.717) is 6.42 Å². The number of benzene rings is 1. The maximum Gasteiger partial charge on any atom is 0.389 e. The van der Waals surface area contributed by atoms with Gasteiger partial charge in [0.15, 0.2) is 0 Å². The molecule has 0 fully saturated rings. The largest absolute Gasteiger partial charge is 0.389 e. The minimum Gasteiger partial charge on any atom is -0.383 e. The molecule has 1 nitrogen and oxygen atoms in total. The highest BCUT2D eigenvalue weighted by molar-refractivity contribution is 9.10. The van der Waals surface area contributed by atoms with E-state index >= 15 is 0 Å². The third-order valence-corrected chi connectivity index (χ3v) is 4.20. The summed E-state index contributed by atoms with van der Waals surface area (Å²) >= 11 is 3.49. The predicted octanol–water partition coefficient (Wildman–Crippen LogP) is 5.60. The van der Waals surface area contributed by atoms with E-state index in [2.05, 4.69) is 21.2 Å². The summed E-state index contributed by atoms with van der Waals surface area (Å²) < 4.78 is 37.2. The molecule has 5 heteroatoms. The molecule has 0 aromatic heterocycles. The zero-order chi connectivity index (χ0) is 14.6. The molecule has 0 amide bonds. The van der Waals surface area contributed by atoms with Crippen LogP contribution in [0.15, 0.2) is 16.6 Å². The van der Waals surface area contributed by atoms with E-state index in [1.807, 2.05) is 32.9 Å². The summed E-state index contributed by atoms with van der Waals surface area (Å²) in [4.78, 5) is 0. The van der Waals surface area contributed by atoms with E-state index in [0.717, 1.165) is 21.3 Å². The lowest BCUT2D eigenvalue weighted by Gasteiger charge is -2.17. The topological polar surface area (TPSA) is 12.0 Å². The zero-order valence-electron chi connectivity index (χ0n) is 11.4. The highest BCUT2D eigenvalue weighted by Crippen LogP contribution is 2.26. The van der Waals surface area contributed by atoms with Gasteiger partial charge in [-0.05, 0) is 56.9 Å². The Labute approximate surface area is 120 Å². The van der Waals surface area contributed by atoms with Crippen LogP contribution in [0.5, 0.6) is 0 Å². The first-order valence-corrected chi connectivity index (χ1v) is 7.08. The predicted molar refractivity (Wildman–Crippen MR) is 76.6 cm³/mol. The minimum atomic E-state index is -4.05. The zero-order valence-corrected chi connectivity index (χ0v) is 13.0. The molecule has 0 radical (unpaired) electrons. The van der Waals surface area contributed by atoms with Gasteiger partial charge in [0.1, 0.15) is 0 Å². The Kier molecular flexibility index (Phi) is 5.71. The number of hydrogen-bond acceptors (Lipinski definition) is 1. The van der Waals surface area contributed by atoms with Crippen molar-refractivity contribution in [2.75, 3.05) is 5.32 Å². The van der Waals surface area contributed by atoms with Crippen molar-refractivity contribution in [1.29, 1.82) is 0 Å². The quantitative estimate of drug-likeness (QED) is 0.737. The van der Waals surface area contributed by atoms with Gasteiger partial charge in [0.2, 0.25) is 0 Å². The molecule has 1 aromatic carbocycles. The lowest BCUT2D eigenvalue weighted by atomic mass is 10.1. The van der Waals surface area contributed by atoms with Gasteiger partial charge < -0.3 is 5.32 Å². The highest BCUT2D eigenvalue weighted by Gasteiger charge is 2.26. The van der Waals surface area contributed by atoms with Gasteiger partial charge in [-0.1, -0.05) is 15.9 Å². The molecule has 0 saturated carbocycles. The van der Waals surface area contributed by atoms with Crippen molar-refractivity contribution in [1.82, 2.24) is 0 Å². The monoisotopic (exact) mass is 337 g/mol. The van der Waals surface area contributed by atoms with E-state index in [1.54, 1.807) is 0 Å². The average molecular weight is 338 g/mol. The lowest BCUT2D eigenvalue weighted by molar-refractivity contribution is -0.135. The van der Waals surface area contributed by atoms with Gasteiger partial charge in [0, 0.05) is 22.6 Å². The van der Waals surface area contributed by atoms with Crippen LogP contribution in [-0.4, -0.2) is 12.2 Å². The van der Waals surface area contributed by atoms with Crippen molar-refractivity contribution in [3.63, 3.8) is 0 Å². The molecule has 0 bridgehead atoms. The second-order valence-electron chi connectivity index (χ2n) is 4.98. The summed E-state index contributed by atoms with van der Waals surface area (Å²) in [7, 11) is 0. The van der Waals surface area contributed by atoms with Crippen LogP contribution >= 0.6 is 15.9 Å². The number of halogens is 4. The summed E-state index contributed by atoms with van der Waals surface area (Å²) in [6, 6.07) is 4.02. The van der Waals surface area contributed by atoms with Crippen molar-refractivity contribution in [2.24, 2.45) is 0 Å². The highest BCUT2D eigenvalue weighted by atomic mass is 79.9. The molecule has 19 heavy (non-hydrogen) atoms. The molecule has 0 aliphatic heterocycles. The van der Waals surface area contributed by atoms with E-state index < -0.39 is 12.6 Å². The second-order valence-corrected chi connectivity index (χ2v) is 5.77. The van der Waals surface area contributed by atoms with Crippen LogP contribution in [0.25, 0.3) is 0 Å². The van der Waals surface area contributed by atoms with E-state index in [9.17, 15) is 13.2 Å².